The average Bonchev–Trinajstić information content (AvgIpc) is 3.31. The third-order valence-electron chi connectivity index (χ3n) is 5.86. The zero-order chi connectivity index (χ0) is 22.7. The fourth-order valence-corrected chi connectivity index (χ4v) is 4.48. The molecule has 0 spiro atoms. The van der Waals surface area contributed by atoms with Gasteiger partial charge in [0, 0.05) is 21.5 Å². The Morgan fingerprint density at radius 2 is 1.81 bits per heavy atom. The Balaban J connectivity index is 1.63. The van der Waals surface area contributed by atoms with E-state index in [9.17, 15) is 9.90 Å². The summed E-state index contributed by atoms with van der Waals surface area (Å²) in [6.45, 7) is 6.93. The highest BCUT2D eigenvalue weighted by Crippen LogP contribution is 2.38. The number of unbranched alkanes of at least 4 members (excludes halogenated alkanes) is 2. The topological polar surface area (TPSA) is 66.9 Å². The van der Waals surface area contributed by atoms with Crippen LogP contribution in [-0.2, 0) is 6.54 Å². The first-order valence-corrected chi connectivity index (χ1v) is 12.1. The number of furan rings is 1. The average molecular weight is 498 g/mol. The van der Waals surface area contributed by atoms with Crippen LogP contribution in [0.25, 0.3) is 17.0 Å². The second-order valence-electron chi connectivity index (χ2n) is 8.32. The number of ether oxygens (including phenoxy) is 1. The molecule has 0 aliphatic carbocycles. The Hall–Kier alpha value is -2.57. The lowest BCUT2D eigenvalue weighted by atomic mass is 10.0. The Morgan fingerprint density at radius 1 is 1.06 bits per heavy atom. The molecule has 32 heavy (non-hydrogen) atoms. The number of nitrogens with one attached hydrogen (secondary N) is 1. The van der Waals surface area contributed by atoms with Crippen molar-refractivity contribution in [2.75, 3.05) is 13.1 Å². The molecule has 168 valence electrons. The van der Waals surface area contributed by atoms with Gasteiger partial charge in [-0.05, 0) is 43.2 Å². The molecule has 0 saturated carbocycles. The standard InChI is InChI=1S/C26H28BrNO4/c1-3-5-11-28(12-6-4-2)16-21-22(29)9-8-20-25(30)24(32-26(20)21)15-19-14-17-13-18(27)7-10-23(17)31-19/h7-10,13-15,29H,3-6,11-12,16H2,1-2H3/b24-15+. The van der Waals surface area contributed by atoms with Gasteiger partial charge in [0.15, 0.2) is 5.76 Å². The number of hydrogen-bond acceptors (Lipinski definition) is 4. The third kappa shape index (κ3) is 4.76. The van der Waals surface area contributed by atoms with Crippen LogP contribution in [0.1, 0.15) is 61.2 Å². The quantitative estimate of drug-likeness (QED) is 0.428. The summed E-state index contributed by atoms with van der Waals surface area (Å²) in [4.78, 5) is 14.4. The summed E-state index contributed by atoms with van der Waals surface area (Å²) in [5.41, 5.74) is 1.78. The first kappa shape index (κ1) is 22.6. The molecule has 4 rings (SSSR count). The van der Waals surface area contributed by atoms with Gasteiger partial charge in [-0.2, -0.15) is 0 Å². The molecule has 0 atom stereocenters. The number of benzene rings is 2. The fourth-order valence-electron chi connectivity index (χ4n) is 4.10. The van der Waals surface area contributed by atoms with Gasteiger partial charge >= 0.3 is 0 Å². The van der Waals surface area contributed by atoms with Crippen molar-refractivity contribution in [3.05, 3.63) is 63.5 Å². The minimum Gasteiger partial charge on any atom is -0.872 e. The lowest BCUT2D eigenvalue weighted by molar-refractivity contribution is -0.914. The van der Waals surface area contributed by atoms with Gasteiger partial charge < -0.3 is 19.2 Å². The molecule has 1 aliphatic heterocycles. The summed E-state index contributed by atoms with van der Waals surface area (Å²) in [6.07, 6.45) is 6.05. The fraction of sp³-hybridized carbons (Fsp3) is 0.346. The van der Waals surface area contributed by atoms with E-state index in [1.165, 1.54) is 11.0 Å². The molecule has 0 amide bonds. The second-order valence-corrected chi connectivity index (χ2v) is 9.24. The van der Waals surface area contributed by atoms with Gasteiger partial charge in [-0.15, -0.1) is 0 Å². The Morgan fingerprint density at radius 3 is 2.53 bits per heavy atom. The predicted octanol–water partition coefficient (Wildman–Crippen LogP) is 4.87. The van der Waals surface area contributed by atoms with Crippen LogP contribution in [0.3, 0.4) is 0 Å². The number of Topliss-reactive ketones (excluding diaryl/α,β-unsaturated/α-hetero) is 1. The molecular weight excluding hydrogens is 470 g/mol. The lowest BCUT2D eigenvalue weighted by Crippen LogP contribution is -3.10. The maximum atomic E-state index is 13.0. The highest BCUT2D eigenvalue weighted by atomic mass is 79.9. The number of halogens is 1. The van der Waals surface area contributed by atoms with Crippen LogP contribution >= 0.6 is 15.9 Å². The maximum Gasteiger partial charge on any atom is 0.232 e. The zero-order valence-corrected chi connectivity index (χ0v) is 20.1. The third-order valence-corrected chi connectivity index (χ3v) is 6.36. The number of rotatable bonds is 9. The van der Waals surface area contributed by atoms with E-state index in [-0.39, 0.29) is 17.3 Å². The Bertz CT molecular complexity index is 1160. The number of carbonyl (C=O) groups excluding carboxylic acids is 1. The van der Waals surface area contributed by atoms with E-state index < -0.39 is 0 Å². The van der Waals surface area contributed by atoms with Gasteiger partial charge in [0.05, 0.1) is 18.7 Å². The van der Waals surface area contributed by atoms with Gasteiger partial charge in [0.1, 0.15) is 23.6 Å². The van der Waals surface area contributed by atoms with Crippen LogP contribution < -0.4 is 14.7 Å². The summed E-state index contributed by atoms with van der Waals surface area (Å²) < 4.78 is 12.8. The summed E-state index contributed by atoms with van der Waals surface area (Å²) in [5, 5.41) is 13.7. The van der Waals surface area contributed by atoms with Crippen molar-refractivity contribution in [3.8, 4) is 11.5 Å². The second kappa shape index (κ2) is 9.92. The first-order chi connectivity index (χ1) is 15.5. The van der Waals surface area contributed by atoms with E-state index in [0.717, 1.165) is 54.2 Å². The molecule has 0 saturated heterocycles. The molecule has 0 radical (unpaired) electrons. The molecule has 1 N–H and O–H groups in total. The minimum absolute atomic E-state index is 0.0723. The van der Waals surface area contributed by atoms with Crippen LogP contribution in [0.4, 0.5) is 0 Å². The van der Waals surface area contributed by atoms with Crippen molar-refractivity contribution in [2.45, 2.75) is 46.1 Å². The van der Waals surface area contributed by atoms with E-state index in [1.54, 1.807) is 12.1 Å². The monoisotopic (exact) mass is 497 g/mol. The highest BCUT2D eigenvalue weighted by molar-refractivity contribution is 9.10. The molecule has 2 heterocycles. The molecule has 3 aromatic rings. The smallest absolute Gasteiger partial charge is 0.232 e. The van der Waals surface area contributed by atoms with E-state index in [2.05, 4.69) is 29.8 Å². The van der Waals surface area contributed by atoms with Crippen LogP contribution in [0, 0.1) is 0 Å². The SMILES string of the molecule is CCCC[NH+](CCCC)Cc1c([O-])ccc2c1O/C(=C/c1cc3cc(Br)ccc3o1)C2=O. The summed E-state index contributed by atoms with van der Waals surface area (Å²) >= 11 is 3.46. The molecule has 0 unspecified atom stereocenters. The van der Waals surface area contributed by atoms with E-state index in [4.69, 9.17) is 9.15 Å². The summed E-state index contributed by atoms with van der Waals surface area (Å²) in [5.74, 6) is 0.853. The number of hydrogen-bond donors (Lipinski definition) is 1. The largest absolute Gasteiger partial charge is 0.872 e. The number of quaternary nitrogens is 1. The van der Waals surface area contributed by atoms with E-state index in [0.29, 0.717) is 29.2 Å². The van der Waals surface area contributed by atoms with Crippen LogP contribution in [0.2, 0.25) is 0 Å². The predicted molar refractivity (Wildman–Crippen MR) is 127 cm³/mol. The molecule has 5 nitrogen and oxygen atoms in total. The van der Waals surface area contributed by atoms with Crippen LogP contribution in [0.5, 0.6) is 11.5 Å². The van der Waals surface area contributed by atoms with Crippen molar-refractivity contribution < 1.29 is 24.0 Å². The van der Waals surface area contributed by atoms with Crippen molar-refractivity contribution >= 4 is 38.8 Å². The Labute approximate surface area is 196 Å². The molecule has 1 aromatic heterocycles. The molecule has 1 aliphatic rings. The molecule has 0 fully saturated rings. The van der Waals surface area contributed by atoms with Crippen molar-refractivity contribution in [3.63, 3.8) is 0 Å². The lowest BCUT2D eigenvalue weighted by Gasteiger charge is -2.23. The molecule has 2 aromatic carbocycles. The normalized spacial score (nSPS) is 14.5. The maximum absolute atomic E-state index is 13.0. The summed E-state index contributed by atoms with van der Waals surface area (Å²) in [7, 11) is 0. The van der Waals surface area contributed by atoms with Gasteiger partial charge in [-0.25, -0.2) is 0 Å². The van der Waals surface area contributed by atoms with Crippen molar-refractivity contribution in [1.29, 1.82) is 0 Å². The number of allylic oxidation sites excluding steroid dienone is 1. The van der Waals surface area contributed by atoms with E-state index in [1.807, 2.05) is 24.3 Å². The number of fused-ring (bicyclic) bond motifs is 2. The highest BCUT2D eigenvalue weighted by Gasteiger charge is 2.31. The van der Waals surface area contributed by atoms with Gasteiger partial charge in [0.2, 0.25) is 5.78 Å². The van der Waals surface area contributed by atoms with Gasteiger partial charge in [-0.3, -0.25) is 4.79 Å². The number of ketones is 1. The van der Waals surface area contributed by atoms with E-state index >= 15 is 0 Å². The minimum atomic E-state index is -0.216. The molecular formula is C26H28BrNO4. The van der Waals surface area contributed by atoms with Crippen LogP contribution in [0.15, 0.2) is 51.0 Å². The Kier molecular flexibility index (Phi) is 7.01. The van der Waals surface area contributed by atoms with Crippen molar-refractivity contribution in [2.24, 2.45) is 0 Å². The summed E-state index contributed by atoms with van der Waals surface area (Å²) in [6, 6.07) is 10.7. The van der Waals surface area contributed by atoms with Gasteiger partial charge in [-0.1, -0.05) is 54.4 Å². The van der Waals surface area contributed by atoms with Gasteiger partial charge in [0.25, 0.3) is 0 Å². The first-order valence-electron chi connectivity index (χ1n) is 11.3. The molecule has 0 bridgehead atoms. The zero-order valence-electron chi connectivity index (χ0n) is 18.5. The van der Waals surface area contributed by atoms with Crippen molar-refractivity contribution in [1.82, 2.24) is 0 Å². The molecule has 6 heteroatoms. The van der Waals surface area contributed by atoms with Crippen LogP contribution in [-0.4, -0.2) is 18.9 Å². The number of carbonyl (C=O) groups is 1.